The Bertz CT molecular complexity index is 138. The second-order valence-corrected chi connectivity index (χ2v) is 4.43. The largest absolute Gasteiger partial charge is 0.381 e. The van der Waals surface area contributed by atoms with Crippen LogP contribution in [-0.2, 0) is 4.74 Å². The van der Waals surface area contributed by atoms with E-state index in [1.54, 1.807) is 0 Å². The summed E-state index contributed by atoms with van der Waals surface area (Å²) in [5.41, 5.74) is 6.18. The molecule has 1 saturated carbocycles. The van der Waals surface area contributed by atoms with Gasteiger partial charge in [0.15, 0.2) is 0 Å². The predicted molar refractivity (Wildman–Crippen MR) is 60.3 cm³/mol. The highest BCUT2D eigenvalue weighted by atomic mass is 16.5. The van der Waals surface area contributed by atoms with Crippen LogP contribution in [0.4, 0.5) is 0 Å². The minimum Gasteiger partial charge on any atom is -0.381 e. The molecule has 2 unspecified atom stereocenters. The van der Waals surface area contributed by atoms with Crippen molar-refractivity contribution in [3.8, 4) is 0 Å². The van der Waals surface area contributed by atoms with Gasteiger partial charge in [0.05, 0.1) is 6.61 Å². The fraction of sp³-hybridized carbons (Fsp3) is 1.00. The van der Waals surface area contributed by atoms with Crippen LogP contribution in [0.3, 0.4) is 0 Å². The molecule has 0 heterocycles. The fourth-order valence-electron chi connectivity index (χ4n) is 2.24. The molecule has 1 aliphatic carbocycles. The Morgan fingerprint density at radius 2 is 1.71 bits per heavy atom. The summed E-state index contributed by atoms with van der Waals surface area (Å²) in [6.07, 6.45) is 9.26. The van der Waals surface area contributed by atoms with Gasteiger partial charge in [0.25, 0.3) is 0 Å². The van der Waals surface area contributed by atoms with Crippen LogP contribution in [0.1, 0.15) is 51.9 Å². The first-order chi connectivity index (χ1) is 6.84. The lowest BCUT2D eigenvalue weighted by atomic mass is 9.93. The summed E-state index contributed by atoms with van der Waals surface area (Å²) in [5, 5.41) is 0. The van der Waals surface area contributed by atoms with E-state index in [1.165, 1.54) is 44.9 Å². The maximum absolute atomic E-state index is 6.18. The van der Waals surface area contributed by atoms with Crippen molar-refractivity contribution >= 4 is 0 Å². The molecule has 0 aliphatic heterocycles. The molecule has 0 amide bonds. The molecule has 0 saturated heterocycles. The minimum absolute atomic E-state index is 0.375. The molecule has 2 heteroatoms. The van der Waals surface area contributed by atoms with Crippen LogP contribution in [0, 0.1) is 5.92 Å². The van der Waals surface area contributed by atoms with Gasteiger partial charge in [0.2, 0.25) is 0 Å². The van der Waals surface area contributed by atoms with Gasteiger partial charge in [-0.2, -0.15) is 0 Å². The van der Waals surface area contributed by atoms with Crippen LogP contribution < -0.4 is 5.73 Å². The molecule has 0 aromatic carbocycles. The summed E-state index contributed by atoms with van der Waals surface area (Å²) in [4.78, 5) is 0. The van der Waals surface area contributed by atoms with Crippen LogP contribution in [-0.4, -0.2) is 19.3 Å². The number of ether oxygens (including phenoxy) is 1. The standard InChI is InChI=1S/C12H25NO/c1-2-14-10-11-8-6-4-3-5-7-9-12(11)13/h11-12H,2-10,13H2,1H3. The van der Waals surface area contributed by atoms with Crippen molar-refractivity contribution in [2.75, 3.05) is 13.2 Å². The summed E-state index contributed by atoms with van der Waals surface area (Å²) in [6.45, 7) is 3.75. The Hall–Kier alpha value is -0.0800. The first-order valence-corrected chi connectivity index (χ1v) is 6.18. The van der Waals surface area contributed by atoms with Crippen molar-refractivity contribution in [1.82, 2.24) is 0 Å². The summed E-state index contributed by atoms with van der Waals surface area (Å²) in [6, 6.07) is 0.375. The van der Waals surface area contributed by atoms with Crippen molar-refractivity contribution in [3.63, 3.8) is 0 Å². The maximum Gasteiger partial charge on any atom is 0.0508 e. The number of hydrogen-bond donors (Lipinski definition) is 1. The fourth-order valence-corrected chi connectivity index (χ4v) is 2.24. The van der Waals surface area contributed by atoms with Gasteiger partial charge in [-0.3, -0.25) is 0 Å². The van der Waals surface area contributed by atoms with Crippen molar-refractivity contribution in [2.45, 2.75) is 57.9 Å². The molecule has 1 fully saturated rings. The highest BCUT2D eigenvalue weighted by Gasteiger charge is 2.18. The average Bonchev–Trinajstić information content (AvgIpc) is 2.28. The normalized spacial score (nSPS) is 30.4. The lowest BCUT2D eigenvalue weighted by Gasteiger charge is -2.22. The Kier molecular flexibility index (Phi) is 6.20. The molecule has 2 atom stereocenters. The SMILES string of the molecule is CCOCC1CCCCCCCC1N. The Morgan fingerprint density at radius 1 is 1.07 bits per heavy atom. The summed E-state index contributed by atoms with van der Waals surface area (Å²) in [5.74, 6) is 0.605. The summed E-state index contributed by atoms with van der Waals surface area (Å²) < 4.78 is 5.50. The molecule has 0 aromatic heterocycles. The first-order valence-electron chi connectivity index (χ1n) is 6.18. The maximum atomic E-state index is 6.18. The average molecular weight is 199 g/mol. The Balaban J connectivity index is 2.32. The molecule has 14 heavy (non-hydrogen) atoms. The molecular formula is C12H25NO. The zero-order chi connectivity index (χ0) is 10.2. The van der Waals surface area contributed by atoms with E-state index >= 15 is 0 Å². The van der Waals surface area contributed by atoms with E-state index in [0.717, 1.165) is 13.2 Å². The van der Waals surface area contributed by atoms with Gasteiger partial charge in [-0.1, -0.05) is 32.1 Å². The van der Waals surface area contributed by atoms with E-state index in [0.29, 0.717) is 12.0 Å². The molecule has 1 aliphatic rings. The Morgan fingerprint density at radius 3 is 2.43 bits per heavy atom. The number of hydrogen-bond acceptors (Lipinski definition) is 2. The number of rotatable bonds is 3. The molecule has 0 spiro atoms. The Labute approximate surface area is 88.2 Å². The highest BCUT2D eigenvalue weighted by molar-refractivity contribution is 4.74. The third kappa shape index (κ3) is 4.43. The van der Waals surface area contributed by atoms with Gasteiger partial charge in [-0.25, -0.2) is 0 Å². The highest BCUT2D eigenvalue weighted by Crippen LogP contribution is 2.21. The summed E-state index contributed by atoms with van der Waals surface area (Å²) >= 11 is 0. The van der Waals surface area contributed by atoms with Crippen LogP contribution in [0.2, 0.25) is 0 Å². The molecule has 2 N–H and O–H groups in total. The second-order valence-electron chi connectivity index (χ2n) is 4.43. The van der Waals surface area contributed by atoms with Gasteiger partial charge in [0.1, 0.15) is 0 Å². The minimum atomic E-state index is 0.375. The zero-order valence-electron chi connectivity index (χ0n) is 9.50. The van der Waals surface area contributed by atoms with Crippen molar-refractivity contribution in [3.05, 3.63) is 0 Å². The molecule has 84 valence electrons. The molecule has 1 rings (SSSR count). The van der Waals surface area contributed by atoms with Crippen molar-refractivity contribution < 1.29 is 4.74 Å². The van der Waals surface area contributed by atoms with Gasteiger partial charge < -0.3 is 10.5 Å². The second kappa shape index (κ2) is 7.24. The zero-order valence-corrected chi connectivity index (χ0v) is 9.50. The molecule has 0 radical (unpaired) electrons. The molecular weight excluding hydrogens is 174 g/mol. The smallest absolute Gasteiger partial charge is 0.0508 e. The number of nitrogens with two attached hydrogens (primary N) is 1. The lowest BCUT2D eigenvalue weighted by molar-refractivity contribution is 0.0944. The lowest BCUT2D eigenvalue weighted by Crippen LogP contribution is -2.33. The third-order valence-corrected chi connectivity index (χ3v) is 3.25. The van der Waals surface area contributed by atoms with Gasteiger partial charge in [0, 0.05) is 12.6 Å². The topological polar surface area (TPSA) is 35.2 Å². The van der Waals surface area contributed by atoms with Crippen LogP contribution in [0.15, 0.2) is 0 Å². The van der Waals surface area contributed by atoms with Crippen molar-refractivity contribution in [1.29, 1.82) is 0 Å². The third-order valence-electron chi connectivity index (χ3n) is 3.25. The van der Waals surface area contributed by atoms with Crippen molar-refractivity contribution in [2.24, 2.45) is 11.7 Å². The van der Waals surface area contributed by atoms with Crippen LogP contribution >= 0.6 is 0 Å². The van der Waals surface area contributed by atoms with E-state index in [-0.39, 0.29) is 0 Å². The molecule has 0 aromatic rings. The predicted octanol–water partition coefficient (Wildman–Crippen LogP) is 2.71. The monoisotopic (exact) mass is 199 g/mol. The quantitative estimate of drug-likeness (QED) is 0.758. The van der Waals surface area contributed by atoms with E-state index in [9.17, 15) is 0 Å². The van der Waals surface area contributed by atoms with E-state index in [1.807, 2.05) is 0 Å². The van der Waals surface area contributed by atoms with E-state index in [2.05, 4.69) is 6.92 Å². The molecule has 0 bridgehead atoms. The molecule has 2 nitrogen and oxygen atoms in total. The van der Waals surface area contributed by atoms with Gasteiger partial charge in [-0.15, -0.1) is 0 Å². The van der Waals surface area contributed by atoms with E-state index < -0.39 is 0 Å². The van der Waals surface area contributed by atoms with Gasteiger partial charge in [-0.05, 0) is 25.7 Å². The van der Waals surface area contributed by atoms with Crippen LogP contribution in [0.5, 0.6) is 0 Å². The first kappa shape index (κ1) is 12.0. The van der Waals surface area contributed by atoms with E-state index in [4.69, 9.17) is 10.5 Å². The van der Waals surface area contributed by atoms with Crippen LogP contribution in [0.25, 0.3) is 0 Å². The van der Waals surface area contributed by atoms with Gasteiger partial charge >= 0.3 is 0 Å². The summed E-state index contributed by atoms with van der Waals surface area (Å²) in [7, 11) is 0.